The van der Waals surface area contributed by atoms with Crippen molar-refractivity contribution in [1.29, 1.82) is 10.5 Å². The highest BCUT2D eigenvalue weighted by molar-refractivity contribution is 14.1. The maximum atomic E-state index is 14.0. The first kappa shape index (κ1) is 23.7. The van der Waals surface area contributed by atoms with Crippen molar-refractivity contribution in [3.05, 3.63) is 91.8 Å². The Morgan fingerprint density at radius 3 is 2.67 bits per heavy atom. The van der Waals surface area contributed by atoms with Crippen LogP contribution in [0.3, 0.4) is 0 Å². The summed E-state index contributed by atoms with van der Waals surface area (Å²) in [5.74, 6) is -0.600. The molecule has 3 aromatic carbocycles. The van der Waals surface area contributed by atoms with Gasteiger partial charge in [-0.2, -0.15) is 15.6 Å². The number of hydrogen-bond acceptors (Lipinski definition) is 6. The summed E-state index contributed by atoms with van der Waals surface area (Å²) >= 11 is 2.09. The molecule has 1 amide bonds. The van der Waals surface area contributed by atoms with Crippen LogP contribution in [0.15, 0.2) is 59.7 Å². The first-order valence-corrected chi connectivity index (χ1v) is 10.6. The first-order chi connectivity index (χ1) is 16.0. The summed E-state index contributed by atoms with van der Waals surface area (Å²) in [6.45, 7) is 0.190. The Labute approximate surface area is 203 Å². The molecule has 0 radical (unpaired) electrons. The lowest BCUT2D eigenvalue weighted by atomic mass is 10.1. The van der Waals surface area contributed by atoms with Crippen molar-refractivity contribution < 1.29 is 18.7 Å². The van der Waals surface area contributed by atoms with E-state index in [1.54, 1.807) is 30.3 Å². The van der Waals surface area contributed by atoms with E-state index < -0.39 is 11.7 Å². The van der Waals surface area contributed by atoms with Crippen LogP contribution >= 0.6 is 22.6 Å². The molecule has 3 aromatic rings. The van der Waals surface area contributed by atoms with Crippen molar-refractivity contribution in [2.75, 3.05) is 7.11 Å². The van der Waals surface area contributed by atoms with Gasteiger partial charge in [-0.25, -0.2) is 9.82 Å². The highest BCUT2D eigenvalue weighted by Gasteiger charge is 2.14. The van der Waals surface area contributed by atoms with Crippen LogP contribution in [-0.2, 0) is 6.61 Å². The fourth-order valence-corrected chi connectivity index (χ4v) is 3.64. The number of benzene rings is 3. The molecule has 0 aliphatic carbocycles. The average molecular weight is 554 g/mol. The van der Waals surface area contributed by atoms with Crippen LogP contribution in [0, 0.1) is 32.0 Å². The monoisotopic (exact) mass is 554 g/mol. The van der Waals surface area contributed by atoms with Gasteiger partial charge >= 0.3 is 0 Å². The first-order valence-electron chi connectivity index (χ1n) is 9.48. The molecule has 3 rings (SSSR count). The third-order valence-corrected chi connectivity index (χ3v) is 5.29. The van der Waals surface area contributed by atoms with Gasteiger partial charge in [0.1, 0.15) is 12.4 Å². The third-order valence-electron chi connectivity index (χ3n) is 4.48. The van der Waals surface area contributed by atoms with Crippen molar-refractivity contribution in [3.8, 4) is 23.6 Å². The average Bonchev–Trinajstić information content (AvgIpc) is 2.82. The van der Waals surface area contributed by atoms with Crippen molar-refractivity contribution in [2.24, 2.45) is 5.10 Å². The summed E-state index contributed by atoms with van der Waals surface area (Å²) in [6.07, 6.45) is 1.39. The smallest absolute Gasteiger partial charge is 0.274 e. The summed E-state index contributed by atoms with van der Waals surface area (Å²) in [4.78, 5) is 12.2. The van der Waals surface area contributed by atoms with Gasteiger partial charge in [0.2, 0.25) is 0 Å². The van der Waals surface area contributed by atoms with Crippen molar-refractivity contribution >= 4 is 34.7 Å². The van der Waals surface area contributed by atoms with Crippen LogP contribution in [0.5, 0.6) is 11.5 Å². The minimum absolute atomic E-state index is 0.118. The number of ether oxygens (including phenoxy) is 2. The molecule has 0 heterocycles. The normalized spacial score (nSPS) is 10.3. The van der Waals surface area contributed by atoms with Crippen LogP contribution in [0.4, 0.5) is 4.39 Å². The lowest BCUT2D eigenvalue weighted by molar-refractivity contribution is 0.0951. The van der Waals surface area contributed by atoms with Gasteiger partial charge in [-0.3, -0.25) is 4.79 Å². The van der Waals surface area contributed by atoms with Gasteiger partial charge in [0.25, 0.3) is 5.91 Å². The standard InChI is InChI=1S/C24H16FIN4O3/c1-32-22-10-16(13-29-30-24(31)19-7-6-15(11-27)8-20(19)25)9-21(26)23(22)33-14-18-5-3-2-4-17(18)12-28/h2-10,13H,14H2,1H3,(H,30,31)/b29-13-. The zero-order valence-corrected chi connectivity index (χ0v) is 19.5. The number of nitriles is 2. The number of carbonyl (C=O) groups is 1. The number of hydrazone groups is 1. The molecule has 0 aromatic heterocycles. The molecule has 0 aliphatic heterocycles. The predicted molar refractivity (Wildman–Crippen MR) is 127 cm³/mol. The molecule has 9 heteroatoms. The fraction of sp³-hybridized carbons (Fsp3) is 0.0833. The van der Waals surface area contributed by atoms with Crippen molar-refractivity contribution in [3.63, 3.8) is 0 Å². The van der Waals surface area contributed by atoms with E-state index in [2.05, 4.69) is 39.2 Å². The number of methoxy groups -OCH3 is 1. The molecule has 0 bridgehead atoms. The predicted octanol–water partition coefficient (Wildman–Crippen LogP) is 4.53. The zero-order chi connectivity index (χ0) is 23.8. The molecule has 0 saturated heterocycles. The molecule has 0 saturated carbocycles. The van der Waals surface area contributed by atoms with E-state index in [0.29, 0.717) is 22.6 Å². The summed E-state index contributed by atoms with van der Waals surface area (Å²) in [5.41, 5.74) is 4.05. The number of carbonyl (C=O) groups excluding carboxylic acids is 1. The fourth-order valence-electron chi connectivity index (χ4n) is 2.85. The van der Waals surface area contributed by atoms with Gasteiger partial charge in [0.05, 0.1) is 45.7 Å². The molecule has 0 unspecified atom stereocenters. The third kappa shape index (κ3) is 5.84. The Kier molecular flexibility index (Phi) is 7.95. The Morgan fingerprint density at radius 1 is 1.18 bits per heavy atom. The minimum atomic E-state index is -0.808. The minimum Gasteiger partial charge on any atom is -0.493 e. The molecule has 164 valence electrons. The van der Waals surface area contributed by atoms with E-state index in [1.807, 2.05) is 12.1 Å². The quantitative estimate of drug-likeness (QED) is 0.263. The summed E-state index contributed by atoms with van der Waals surface area (Å²) in [5, 5.41) is 21.9. The number of amides is 1. The molecule has 0 spiro atoms. The Hall–Kier alpha value is -3.96. The lowest BCUT2D eigenvalue weighted by Crippen LogP contribution is -2.19. The second-order valence-electron chi connectivity index (χ2n) is 6.60. The molecule has 0 atom stereocenters. The van der Waals surface area contributed by atoms with Gasteiger partial charge in [0, 0.05) is 5.56 Å². The molecular weight excluding hydrogens is 538 g/mol. The SMILES string of the molecule is COc1cc(/C=N\NC(=O)c2ccc(C#N)cc2F)cc(I)c1OCc1ccccc1C#N. The number of halogens is 2. The van der Waals surface area contributed by atoms with Crippen LogP contribution in [-0.4, -0.2) is 19.2 Å². The van der Waals surface area contributed by atoms with Gasteiger partial charge in [0.15, 0.2) is 11.5 Å². The van der Waals surface area contributed by atoms with E-state index in [9.17, 15) is 14.4 Å². The van der Waals surface area contributed by atoms with E-state index in [-0.39, 0.29) is 17.7 Å². The van der Waals surface area contributed by atoms with E-state index in [0.717, 1.165) is 15.2 Å². The molecule has 0 aliphatic rings. The van der Waals surface area contributed by atoms with Gasteiger partial charge in [-0.1, -0.05) is 18.2 Å². The maximum Gasteiger partial charge on any atom is 0.274 e. The zero-order valence-electron chi connectivity index (χ0n) is 17.3. The van der Waals surface area contributed by atoms with Crippen molar-refractivity contribution in [2.45, 2.75) is 6.61 Å². The Bertz CT molecular complexity index is 1310. The second-order valence-corrected chi connectivity index (χ2v) is 7.76. The topological polar surface area (TPSA) is 108 Å². The lowest BCUT2D eigenvalue weighted by Gasteiger charge is -2.14. The maximum absolute atomic E-state index is 14.0. The highest BCUT2D eigenvalue weighted by atomic mass is 127. The van der Waals surface area contributed by atoms with Gasteiger partial charge in [-0.15, -0.1) is 0 Å². The molecule has 33 heavy (non-hydrogen) atoms. The summed E-state index contributed by atoms with van der Waals surface area (Å²) in [7, 11) is 1.50. The molecule has 1 N–H and O–H groups in total. The van der Waals surface area contributed by atoms with E-state index in [1.165, 1.54) is 25.5 Å². The van der Waals surface area contributed by atoms with Gasteiger partial charge in [-0.05, 0) is 64.6 Å². The molecule has 7 nitrogen and oxygen atoms in total. The number of nitrogens with zero attached hydrogens (tertiary/aromatic N) is 3. The van der Waals surface area contributed by atoms with Crippen LogP contribution < -0.4 is 14.9 Å². The second kappa shape index (κ2) is 11.1. The number of nitrogens with one attached hydrogen (secondary N) is 1. The van der Waals surface area contributed by atoms with E-state index in [4.69, 9.17) is 14.7 Å². The molecule has 0 fully saturated rings. The van der Waals surface area contributed by atoms with Crippen LogP contribution in [0.2, 0.25) is 0 Å². The van der Waals surface area contributed by atoms with Gasteiger partial charge < -0.3 is 9.47 Å². The van der Waals surface area contributed by atoms with Crippen LogP contribution in [0.25, 0.3) is 0 Å². The summed E-state index contributed by atoms with van der Waals surface area (Å²) < 4.78 is 26.0. The number of rotatable bonds is 7. The molecular formula is C24H16FIN4O3. The Balaban J connectivity index is 1.72. The largest absolute Gasteiger partial charge is 0.493 e. The Morgan fingerprint density at radius 2 is 1.97 bits per heavy atom. The van der Waals surface area contributed by atoms with E-state index >= 15 is 0 Å². The summed E-state index contributed by atoms with van der Waals surface area (Å²) in [6, 6.07) is 18.1. The van der Waals surface area contributed by atoms with Crippen LogP contribution in [0.1, 0.15) is 32.6 Å². The van der Waals surface area contributed by atoms with Crippen molar-refractivity contribution in [1.82, 2.24) is 5.43 Å². The highest BCUT2D eigenvalue weighted by Crippen LogP contribution is 2.34. The number of hydrogen-bond donors (Lipinski definition) is 1.